The van der Waals surface area contributed by atoms with Crippen molar-refractivity contribution in [1.29, 1.82) is 0 Å². The summed E-state index contributed by atoms with van der Waals surface area (Å²) in [6.07, 6.45) is 7.30. The van der Waals surface area contributed by atoms with Crippen LogP contribution in [-0.4, -0.2) is 24.7 Å². The van der Waals surface area contributed by atoms with Crippen LogP contribution >= 0.6 is 0 Å². The maximum atomic E-state index is 10.9. The molecule has 4 rings (SSSR count). The van der Waals surface area contributed by atoms with Gasteiger partial charge in [0.25, 0.3) is 5.69 Å². The Bertz CT molecular complexity index is 1060. The van der Waals surface area contributed by atoms with Crippen molar-refractivity contribution in [3.05, 3.63) is 70.8 Å². The number of nitrogens with one attached hydrogen (secondary N) is 1. The highest BCUT2D eigenvalue weighted by molar-refractivity contribution is 5.92. The van der Waals surface area contributed by atoms with Gasteiger partial charge in [-0.05, 0) is 36.2 Å². The van der Waals surface area contributed by atoms with E-state index in [0.29, 0.717) is 0 Å². The first-order valence-electron chi connectivity index (χ1n) is 7.36. The molecular formula is C17H13N5O2. The van der Waals surface area contributed by atoms with Gasteiger partial charge < -0.3 is 4.98 Å². The molecule has 0 radical (unpaired) electrons. The van der Waals surface area contributed by atoms with Crippen LogP contribution in [0.15, 0.2) is 55.1 Å². The molecule has 0 atom stereocenters. The van der Waals surface area contributed by atoms with Gasteiger partial charge in [0.15, 0.2) is 0 Å². The van der Waals surface area contributed by atoms with Crippen LogP contribution in [0.1, 0.15) is 5.56 Å². The Labute approximate surface area is 136 Å². The molecule has 0 amide bonds. The summed E-state index contributed by atoms with van der Waals surface area (Å²) < 4.78 is 1.73. The van der Waals surface area contributed by atoms with Crippen molar-refractivity contribution in [3.63, 3.8) is 0 Å². The molecule has 7 nitrogen and oxygen atoms in total. The van der Waals surface area contributed by atoms with Gasteiger partial charge in [0.1, 0.15) is 5.65 Å². The summed E-state index contributed by atoms with van der Waals surface area (Å²) >= 11 is 0. The zero-order valence-corrected chi connectivity index (χ0v) is 12.8. The van der Waals surface area contributed by atoms with Gasteiger partial charge in [-0.25, -0.2) is 9.67 Å². The van der Waals surface area contributed by atoms with Crippen molar-refractivity contribution >= 4 is 16.7 Å². The van der Waals surface area contributed by atoms with Gasteiger partial charge in [0.05, 0.1) is 16.8 Å². The highest BCUT2D eigenvalue weighted by Crippen LogP contribution is 2.28. The van der Waals surface area contributed by atoms with Crippen molar-refractivity contribution < 1.29 is 4.92 Å². The first-order valence-corrected chi connectivity index (χ1v) is 7.36. The first kappa shape index (κ1) is 14.1. The largest absolute Gasteiger partial charge is 0.346 e. The van der Waals surface area contributed by atoms with Crippen LogP contribution in [0.3, 0.4) is 0 Å². The van der Waals surface area contributed by atoms with Crippen molar-refractivity contribution in [3.8, 4) is 16.8 Å². The number of nitrogens with zero attached hydrogens (tertiary/aromatic N) is 4. The summed E-state index contributed by atoms with van der Waals surface area (Å²) in [4.78, 5) is 17.8. The number of aryl methyl sites for hydroxylation is 1. The lowest BCUT2D eigenvalue weighted by Crippen LogP contribution is -1.98. The summed E-state index contributed by atoms with van der Waals surface area (Å²) in [5.74, 6) is 0. The number of pyridine rings is 1. The molecule has 118 valence electrons. The summed E-state index contributed by atoms with van der Waals surface area (Å²) in [6.45, 7) is 1.83. The topological polar surface area (TPSA) is 89.6 Å². The van der Waals surface area contributed by atoms with E-state index in [4.69, 9.17) is 0 Å². The zero-order valence-electron chi connectivity index (χ0n) is 12.8. The molecule has 3 aromatic heterocycles. The number of hydrogen-bond acceptors (Lipinski definition) is 4. The number of H-pyrrole nitrogens is 1. The van der Waals surface area contributed by atoms with E-state index in [-0.39, 0.29) is 5.69 Å². The molecule has 0 unspecified atom stereocenters. The van der Waals surface area contributed by atoms with Crippen LogP contribution in [0.2, 0.25) is 0 Å². The van der Waals surface area contributed by atoms with E-state index in [2.05, 4.69) is 15.1 Å². The molecule has 1 N–H and O–H groups in total. The third-order valence-corrected chi connectivity index (χ3v) is 3.99. The summed E-state index contributed by atoms with van der Waals surface area (Å²) in [7, 11) is 0. The molecule has 0 aliphatic heterocycles. The Morgan fingerprint density at radius 3 is 2.92 bits per heavy atom. The molecule has 0 spiro atoms. The highest BCUT2D eigenvalue weighted by atomic mass is 16.6. The minimum atomic E-state index is -0.398. The predicted octanol–water partition coefficient (Wildman–Crippen LogP) is 3.63. The number of nitro benzene ring substituents is 1. The first-order chi connectivity index (χ1) is 11.6. The molecule has 0 aliphatic carbocycles. The van der Waals surface area contributed by atoms with Crippen molar-refractivity contribution in [2.75, 3.05) is 0 Å². The Morgan fingerprint density at radius 1 is 1.25 bits per heavy atom. The maximum Gasteiger partial charge on any atom is 0.269 e. The lowest BCUT2D eigenvalue weighted by molar-refractivity contribution is -0.384. The van der Waals surface area contributed by atoms with Gasteiger partial charge >= 0.3 is 0 Å². The number of rotatable bonds is 3. The third-order valence-electron chi connectivity index (χ3n) is 3.99. The number of non-ortho nitro benzene ring substituents is 1. The zero-order chi connectivity index (χ0) is 16.7. The smallest absolute Gasteiger partial charge is 0.269 e. The second-order valence-corrected chi connectivity index (χ2v) is 5.50. The standard InChI is InChI=1S/C17H13N5O2/c1-11-8-13(22(23)24)2-3-16(11)21-10-12(9-20-21)14-4-6-18-17-15(14)5-7-19-17/h2-10H,1H3,(H,18,19). The second-order valence-electron chi connectivity index (χ2n) is 5.50. The quantitative estimate of drug-likeness (QED) is 0.461. The number of benzene rings is 1. The van der Waals surface area contributed by atoms with E-state index >= 15 is 0 Å². The fraction of sp³-hybridized carbons (Fsp3) is 0.0588. The van der Waals surface area contributed by atoms with Crippen molar-refractivity contribution in [1.82, 2.24) is 19.7 Å². The van der Waals surface area contributed by atoms with Crippen LogP contribution in [0, 0.1) is 17.0 Å². The molecule has 3 heterocycles. The van der Waals surface area contributed by atoms with Gasteiger partial charge in [0, 0.05) is 41.7 Å². The Kier molecular flexibility index (Phi) is 3.13. The van der Waals surface area contributed by atoms with Crippen LogP contribution in [0.5, 0.6) is 0 Å². The summed E-state index contributed by atoms with van der Waals surface area (Å²) in [5.41, 5.74) is 4.50. The molecule has 0 bridgehead atoms. The van der Waals surface area contributed by atoms with Crippen molar-refractivity contribution in [2.45, 2.75) is 6.92 Å². The van der Waals surface area contributed by atoms with E-state index in [1.54, 1.807) is 29.2 Å². The molecule has 0 saturated heterocycles. The highest BCUT2D eigenvalue weighted by Gasteiger charge is 2.12. The van der Waals surface area contributed by atoms with E-state index in [1.807, 2.05) is 31.5 Å². The monoisotopic (exact) mass is 319 g/mol. The summed E-state index contributed by atoms with van der Waals surface area (Å²) in [5, 5.41) is 16.3. The fourth-order valence-electron chi connectivity index (χ4n) is 2.82. The molecule has 0 fully saturated rings. The number of fused-ring (bicyclic) bond motifs is 1. The van der Waals surface area contributed by atoms with Gasteiger partial charge in [-0.3, -0.25) is 10.1 Å². The van der Waals surface area contributed by atoms with Gasteiger partial charge in [-0.15, -0.1) is 0 Å². The lowest BCUT2D eigenvalue weighted by Gasteiger charge is -2.05. The normalized spacial score (nSPS) is 11.0. The molecule has 4 aromatic rings. The van der Waals surface area contributed by atoms with E-state index in [1.165, 1.54) is 6.07 Å². The number of aromatic nitrogens is 4. The molecule has 0 saturated carbocycles. The molecular weight excluding hydrogens is 306 g/mol. The van der Waals surface area contributed by atoms with Gasteiger partial charge in [0.2, 0.25) is 0 Å². The second kappa shape index (κ2) is 5.31. The minimum Gasteiger partial charge on any atom is -0.346 e. The number of nitro groups is 1. The number of hydrogen-bond donors (Lipinski definition) is 1. The Balaban J connectivity index is 1.78. The van der Waals surface area contributed by atoms with E-state index in [9.17, 15) is 10.1 Å². The molecule has 7 heteroatoms. The van der Waals surface area contributed by atoms with Crippen LogP contribution < -0.4 is 0 Å². The molecule has 1 aromatic carbocycles. The predicted molar refractivity (Wildman–Crippen MR) is 90.0 cm³/mol. The number of aromatic amines is 1. The van der Waals surface area contributed by atoms with Crippen LogP contribution in [0.25, 0.3) is 27.8 Å². The molecule has 0 aliphatic rings. The fourth-order valence-corrected chi connectivity index (χ4v) is 2.82. The lowest BCUT2D eigenvalue weighted by atomic mass is 10.1. The average molecular weight is 319 g/mol. The molecule has 24 heavy (non-hydrogen) atoms. The maximum absolute atomic E-state index is 10.9. The SMILES string of the molecule is Cc1cc([N+](=O)[O-])ccc1-n1cc(-c2ccnc3[nH]ccc23)cn1. The van der Waals surface area contributed by atoms with Crippen molar-refractivity contribution in [2.24, 2.45) is 0 Å². The van der Waals surface area contributed by atoms with E-state index in [0.717, 1.165) is 33.4 Å². The average Bonchev–Trinajstić information content (AvgIpc) is 3.23. The minimum absolute atomic E-state index is 0.0757. The van der Waals surface area contributed by atoms with Crippen LogP contribution in [-0.2, 0) is 0 Å². The van der Waals surface area contributed by atoms with Gasteiger partial charge in [-0.1, -0.05) is 0 Å². The Hall–Kier alpha value is -3.48. The van der Waals surface area contributed by atoms with Gasteiger partial charge in [-0.2, -0.15) is 5.10 Å². The van der Waals surface area contributed by atoms with Crippen LogP contribution in [0.4, 0.5) is 5.69 Å². The van der Waals surface area contributed by atoms with E-state index < -0.39 is 4.92 Å². The summed E-state index contributed by atoms with van der Waals surface area (Å²) in [6, 6.07) is 8.67. The third kappa shape index (κ3) is 2.23. The Morgan fingerprint density at radius 2 is 2.12 bits per heavy atom.